The van der Waals surface area contributed by atoms with Crippen LogP contribution < -0.4 is 11.1 Å². The number of ether oxygens (including phenoxy) is 1. The molecule has 4 saturated carbocycles. The fraction of sp³-hybridized carbons (Fsp3) is 0.905. The van der Waals surface area contributed by atoms with E-state index < -0.39 is 70.3 Å². The van der Waals surface area contributed by atoms with Crippen molar-refractivity contribution in [3.63, 3.8) is 0 Å². The fourth-order valence-electron chi connectivity index (χ4n) is 13.7. The quantitative estimate of drug-likeness (QED) is 0.154. The van der Waals surface area contributed by atoms with Gasteiger partial charge in [0.1, 0.15) is 6.10 Å². The summed E-state index contributed by atoms with van der Waals surface area (Å²) >= 11 is 0. The number of hydrogen-bond donors (Lipinski definition) is 9. The smallest absolute Gasteiger partial charge is 0.180 e. The van der Waals surface area contributed by atoms with Gasteiger partial charge in [0.05, 0.1) is 54.0 Å². The number of piperidine rings is 1. The molecule has 10 N–H and O–H groups in total. The summed E-state index contributed by atoms with van der Waals surface area (Å²) in [7, 11) is 0. The van der Waals surface area contributed by atoms with Gasteiger partial charge in [-0.15, -0.1) is 0 Å². The van der Waals surface area contributed by atoms with Crippen LogP contribution in [0.1, 0.15) is 98.8 Å². The van der Waals surface area contributed by atoms with E-state index in [4.69, 9.17) is 15.5 Å². The van der Waals surface area contributed by atoms with E-state index in [1.165, 1.54) is 0 Å². The van der Waals surface area contributed by atoms with Gasteiger partial charge in [-0.3, -0.25) is 15.1 Å². The molecule has 2 heterocycles. The van der Waals surface area contributed by atoms with Crippen LogP contribution in [-0.4, -0.2) is 121 Å². The van der Waals surface area contributed by atoms with Crippen molar-refractivity contribution in [2.45, 2.75) is 153 Å². The van der Waals surface area contributed by atoms with Crippen molar-refractivity contribution < 1.29 is 45.3 Å². The molecule has 1 spiro atoms. The first kappa shape index (κ1) is 40.9. The zero-order valence-corrected chi connectivity index (χ0v) is 33.1. The van der Waals surface area contributed by atoms with Crippen LogP contribution >= 0.6 is 0 Å². The average molecular weight is 760 g/mol. The highest BCUT2D eigenvalue weighted by atomic mass is 16.5. The van der Waals surface area contributed by atoms with Crippen molar-refractivity contribution in [2.75, 3.05) is 19.8 Å². The second-order valence-corrected chi connectivity index (χ2v) is 19.6. The second kappa shape index (κ2) is 14.8. The lowest BCUT2D eigenvalue weighted by Crippen LogP contribution is -2.72. The van der Waals surface area contributed by atoms with Crippen molar-refractivity contribution in [3.05, 3.63) is 12.2 Å². The molecule has 0 aromatic rings. The highest BCUT2D eigenvalue weighted by Crippen LogP contribution is 2.73. The summed E-state index contributed by atoms with van der Waals surface area (Å²) in [6, 6.07) is 0.0489. The van der Waals surface area contributed by atoms with E-state index in [1.807, 2.05) is 13.8 Å². The molecular formula is C42H69N3O9. The molecule has 0 aromatic heterocycles. The molecule has 0 bridgehead atoms. The molecule has 54 heavy (non-hydrogen) atoms. The average Bonchev–Trinajstić information content (AvgIpc) is 3.54. The van der Waals surface area contributed by atoms with E-state index in [0.717, 1.165) is 19.3 Å². The van der Waals surface area contributed by atoms with Gasteiger partial charge in [-0.05, 0) is 125 Å². The van der Waals surface area contributed by atoms with Gasteiger partial charge in [0.25, 0.3) is 0 Å². The summed E-state index contributed by atoms with van der Waals surface area (Å²) in [5.41, 5.74) is 1.81. The number of rotatable bonds is 9. The van der Waals surface area contributed by atoms with Crippen LogP contribution in [0.15, 0.2) is 17.1 Å². The van der Waals surface area contributed by atoms with Gasteiger partial charge < -0.3 is 46.2 Å². The lowest BCUT2D eigenvalue weighted by Gasteiger charge is -2.66. The predicted octanol–water partition coefficient (Wildman–Crippen LogP) is 1.69. The Bertz CT molecular complexity index is 1460. The maximum atomic E-state index is 15.2. The SMILES string of the molecule is C[C@@H]1[C@H]([C@@H](O)[C@](C)(O)[C@@H]2CC[C@]3(O)[C@H]4C(=NC[C@H](C)O)C(=O)[C@@H]5C[C@@H](O)[C@@H](O)C[C@@]56C[C@@H](C5CCC(N)NC5CCCO)C=C[C@@H](C[C@]23C)[C@@H]46)OC[C@@H]1C. The number of aliphatic hydroxyl groups is 7. The summed E-state index contributed by atoms with van der Waals surface area (Å²) in [5.74, 6) is -2.23. The summed E-state index contributed by atoms with van der Waals surface area (Å²) in [6.45, 7) is 10.0. The molecule has 3 unspecified atom stereocenters. The van der Waals surface area contributed by atoms with Gasteiger partial charge in [0, 0.05) is 36.5 Å². The number of Topliss-reactive ketones (excluding diaryl/α,β-unsaturated/α-hetero) is 1. The number of allylic oxidation sites excluding steroid dienone is 2. The normalized spacial score (nSPS) is 51.9. The third-order valence-electron chi connectivity index (χ3n) is 16.6. The van der Waals surface area contributed by atoms with Crippen LogP contribution in [0.2, 0.25) is 0 Å². The standard InChI is InChI=1S/C42H69N3O9/c1-21-20-54-37(23(21)3)38(51)40(5,52)31-12-13-42(53)34-33-25(16-39(31,42)4)9-8-24(26-10-11-32(43)45-28(26)7-6-14-46)17-41(33)18-30(49)29(48)15-27(41)36(50)35(34)44-19-22(2)47/h8-9,21-34,37-38,45-49,51-53H,6-7,10-20,43H2,1-5H3/t21-,22-,23-,24-,25-,26?,27-,28?,29+,30-,31+,32?,33-,34+,37+,38+,39+,40+,41-,42-/m0/s1. The lowest BCUT2D eigenvalue weighted by molar-refractivity contribution is -0.233. The van der Waals surface area contributed by atoms with Crippen LogP contribution in [0.3, 0.4) is 0 Å². The first-order chi connectivity index (χ1) is 25.4. The monoisotopic (exact) mass is 760 g/mol. The molecule has 0 radical (unpaired) electrons. The van der Waals surface area contributed by atoms with Crippen molar-refractivity contribution in [1.82, 2.24) is 5.32 Å². The molecule has 12 nitrogen and oxygen atoms in total. The van der Waals surface area contributed by atoms with Gasteiger partial charge in [-0.1, -0.05) is 32.9 Å². The molecule has 0 aromatic carbocycles. The number of nitrogens with one attached hydrogen (secondary N) is 1. The molecule has 2 aliphatic heterocycles. The number of nitrogens with two attached hydrogens (primary N) is 1. The van der Waals surface area contributed by atoms with E-state index in [-0.39, 0.29) is 91.6 Å². The van der Waals surface area contributed by atoms with Crippen molar-refractivity contribution >= 4 is 11.5 Å². The summed E-state index contributed by atoms with van der Waals surface area (Å²) in [6.07, 6.45) is 4.86. The molecule has 7 rings (SSSR count). The Morgan fingerprint density at radius 1 is 1.09 bits per heavy atom. The molecule has 6 fully saturated rings. The zero-order valence-electron chi connectivity index (χ0n) is 33.1. The maximum absolute atomic E-state index is 15.2. The Hall–Kier alpha value is -1.32. The summed E-state index contributed by atoms with van der Waals surface area (Å²) in [5, 5.41) is 84.6. The second-order valence-electron chi connectivity index (χ2n) is 19.6. The highest BCUT2D eigenvalue weighted by molar-refractivity contribution is 6.42. The number of ketones is 1. The lowest BCUT2D eigenvalue weighted by atomic mass is 9.38. The number of aliphatic imine (C=N–C) groups is 1. The first-order valence-electron chi connectivity index (χ1n) is 21.1. The number of fused-ring (bicyclic) bond motifs is 2. The Morgan fingerprint density at radius 3 is 2.48 bits per heavy atom. The largest absolute Gasteiger partial charge is 0.396 e. The first-order valence-corrected chi connectivity index (χ1v) is 21.1. The van der Waals surface area contributed by atoms with Gasteiger partial charge in [-0.25, -0.2) is 0 Å². The number of nitrogens with zero attached hydrogens (tertiary/aromatic N) is 1. The van der Waals surface area contributed by atoms with Crippen LogP contribution in [0.4, 0.5) is 0 Å². The topological polar surface area (TPSA) is 218 Å². The number of aliphatic hydroxyl groups excluding tert-OH is 5. The molecule has 0 amide bonds. The van der Waals surface area contributed by atoms with Crippen LogP contribution in [0.25, 0.3) is 0 Å². The maximum Gasteiger partial charge on any atom is 0.180 e. The van der Waals surface area contributed by atoms with Crippen LogP contribution in [0, 0.1) is 64.1 Å². The third kappa shape index (κ3) is 6.32. The van der Waals surface area contributed by atoms with Gasteiger partial charge in [-0.2, -0.15) is 0 Å². The molecule has 20 atom stereocenters. The Morgan fingerprint density at radius 2 is 1.81 bits per heavy atom. The zero-order chi connectivity index (χ0) is 39.1. The van der Waals surface area contributed by atoms with Crippen molar-refractivity contribution in [2.24, 2.45) is 74.8 Å². The predicted molar refractivity (Wildman–Crippen MR) is 203 cm³/mol. The third-order valence-corrected chi connectivity index (χ3v) is 16.6. The van der Waals surface area contributed by atoms with E-state index in [0.29, 0.717) is 32.3 Å². The van der Waals surface area contributed by atoms with Gasteiger partial charge >= 0.3 is 0 Å². The van der Waals surface area contributed by atoms with E-state index in [9.17, 15) is 35.7 Å². The number of carbonyl (C=O) groups is 1. The molecular weight excluding hydrogens is 690 g/mol. The van der Waals surface area contributed by atoms with Crippen molar-refractivity contribution in [3.8, 4) is 0 Å². The Labute approximate surface area is 321 Å². The van der Waals surface area contributed by atoms with Crippen molar-refractivity contribution in [1.29, 1.82) is 0 Å². The molecule has 5 aliphatic carbocycles. The van der Waals surface area contributed by atoms with Crippen LogP contribution in [0.5, 0.6) is 0 Å². The summed E-state index contributed by atoms with van der Waals surface area (Å²) < 4.78 is 6.08. The molecule has 7 aliphatic rings. The number of hydrogen-bond acceptors (Lipinski definition) is 12. The van der Waals surface area contributed by atoms with Crippen LogP contribution in [-0.2, 0) is 9.53 Å². The minimum atomic E-state index is -1.63. The van der Waals surface area contributed by atoms with E-state index >= 15 is 4.79 Å². The minimum absolute atomic E-state index is 0.000326. The molecule has 306 valence electrons. The van der Waals surface area contributed by atoms with Gasteiger partial charge in [0.15, 0.2) is 5.78 Å². The van der Waals surface area contributed by atoms with Gasteiger partial charge in [0.2, 0.25) is 0 Å². The Balaban J connectivity index is 1.37. The highest BCUT2D eigenvalue weighted by Gasteiger charge is 2.76. The van der Waals surface area contributed by atoms with E-state index in [2.05, 4.69) is 24.4 Å². The molecule has 2 saturated heterocycles. The molecule has 12 heteroatoms. The minimum Gasteiger partial charge on any atom is -0.396 e. The number of carbonyl (C=O) groups excluding carboxylic acids is 1. The Kier molecular flexibility index (Phi) is 11.2. The van der Waals surface area contributed by atoms with E-state index in [1.54, 1.807) is 13.8 Å². The summed E-state index contributed by atoms with van der Waals surface area (Å²) in [4.78, 5) is 20.0. The fourth-order valence-corrected chi connectivity index (χ4v) is 13.7.